The van der Waals surface area contributed by atoms with Gasteiger partial charge in [-0.1, -0.05) is 30.3 Å². The van der Waals surface area contributed by atoms with E-state index in [-0.39, 0.29) is 10.9 Å². The second-order valence-corrected chi connectivity index (χ2v) is 9.64. The summed E-state index contributed by atoms with van der Waals surface area (Å²) in [7, 11) is -3.64. The Bertz CT molecular complexity index is 1110. The van der Waals surface area contributed by atoms with Crippen molar-refractivity contribution in [3.05, 3.63) is 66.4 Å². The maximum Gasteiger partial charge on any atom is 0.242 e. The van der Waals surface area contributed by atoms with E-state index in [1.807, 2.05) is 25.1 Å². The van der Waals surface area contributed by atoms with Gasteiger partial charge in [-0.15, -0.1) is 0 Å². The summed E-state index contributed by atoms with van der Waals surface area (Å²) in [5.41, 5.74) is 2.76. The molecule has 0 radical (unpaired) electrons. The molecule has 0 bridgehead atoms. The van der Waals surface area contributed by atoms with Crippen LogP contribution in [-0.4, -0.2) is 57.1 Å². The summed E-state index contributed by atoms with van der Waals surface area (Å²) < 4.78 is 28.8. The molecule has 1 aliphatic heterocycles. The number of nitrogens with zero attached hydrogens (tertiary/aromatic N) is 3. The van der Waals surface area contributed by atoms with Crippen LogP contribution in [-0.2, 0) is 10.0 Å². The van der Waals surface area contributed by atoms with Crippen molar-refractivity contribution < 1.29 is 8.42 Å². The number of fused-ring (bicyclic) bond motifs is 1. The lowest BCUT2D eigenvalue weighted by Crippen LogP contribution is -2.52. The van der Waals surface area contributed by atoms with Crippen molar-refractivity contribution in [2.24, 2.45) is 0 Å². The van der Waals surface area contributed by atoms with Gasteiger partial charge in [0, 0.05) is 56.0 Å². The minimum absolute atomic E-state index is 0.114. The Morgan fingerprint density at radius 3 is 2.50 bits per heavy atom. The second-order valence-electron chi connectivity index (χ2n) is 7.90. The molecule has 7 heteroatoms. The molecule has 1 atom stereocenters. The first-order chi connectivity index (χ1) is 14.4. The highest BCUT2D eigenvalue weighted by Gasteiger charge is 2.24. The van der Waals surface area contributed by atoms with Crippen molar-refractivity contribution in [2.75, 3.05) is 37.6 Å². The molecule has 1 N–H and O–H groups in total. The van der Waals surface area contributed by atoms with Gasteiger partial charge in [0.1, 0.15) is 4.90 Å². The van der Waals surface area contributed by atoms with Crippen molar-refractivity contribution in [3.63, 3.8) is 0 Å². The van der Waals surface area contributed by atoms with Gasteiger partial charge in [-0.05, 0) is 43.7 Å². The van der Waals surface area contributed by atoms with Crippen LogP contribution in [0.15, 0.2) is 65.7 Å². The first kappa shape index (κ1) is 20.8. The Morgan fingerprint density at radius 2 is 1.77 bits per heavy atom. The van der Waals surface area contributed by atoms with E-state index in [4.69, 9.17) is 0 Å². The number of para-hydroxylation sites is 2. The van der Waals surface area contributed by atoms with Gasteiger partial charge >= 0.3 is 0 Å². The van der Waals surface area contributed by atoms with Crippen LogP contribution in [0.2, 0.25) is 0 Å². The maximum absolute atomic E-state index is 13.0. The first-order valence-electron chi connectivity index (χ1n) is 10.3. The van der Waals surface area contributed by atoms with Gasteiger partial charge in [-0.2, -0.15) is 0 Å². The van der Waals surface area contributed by atoms with Gasteiger partial charge in [0.25, 0.3) is 0 Å². The van der Waals surface area contributed by atoms with E-state index >= 15 is 0 Å². The molecular formula is C23H28N4O2S. The van der Waals surface area contributed by atoms with Gasteiger partial charge in [-0.25, -0.2) is 13.1 Å². The SMILES string of the molecule is Cc1cnc2c(S(=O)(=O)NCC(C)N3CCN(c4ccccc4)CC3)cccc2c1. The van der Waals surface area contributed by atoms with Crippen LogP contribution >= 0.6 is 0 Å². The Labute approximate surface area is 178 Å². The quantitative estimate of drug-likeness (QED) is 0.659. The lowest BCUT2D eigenvalue weighted by molar-refractivity contribution is 0.198. The Morgan fingerprint density at radius 1 is 1.03 bits per heavy atom. The Hall–Kier alpha value is -2.48. The molecular weight excluding hydrogens is 396 g/mol. The van der Waals surface area contributed by atoms with Crippen LogP contribution < -0.4 is 9.62 Å². The fourth-order valence-electron chi connectivity index (χ4n) is 3.96. The predicted molar refractivity (Wildman–Crippen MR) is 121 cm³/mol. The zero-order chi connectivity index (χ0) is 21.1. The fraction of sp³-hybridized carbons (Fsp3) is 0.348. The summed E-state index contributed by atoms with van der Waals surface area (Å²) >= 11 is 0. The van der Waals surface area contributed by atoms with Gasteiger partial charge < -0.3 is 4.90 Å². The van der Waals surface area contributed by atoms with Crippen molar-refractivity contribution >= 4 is 26.6 Å². The Balaban J connectivity index is 1.39. The number of aryl methyl sites for hydroxylation is 1. The first-order valence-corrected chi connectivity index (χ1v) is 11.8. The molecule has 3 aromatic rings. The van der Waals surface area contributed by atoms with Crippen molar-refractivity contribution in [2.45, 2.75) is 24.8 Å². The zero-order valence-electron chi connectivity index (χ0n) is 17.5. The van der Waals surface area contributed by atoms with Gasteiger partial charge in [-0.3, -0.25) is 9.88 Å². The molecule has 30 heavy (non-hydrogen) atoms. The molecule has 1 unspecified atom stereocenters. The zero-order valence-corrected chi connectivity index (χ0v) is 18.3. The lowest BCUT2D eigenvalue weighted by atomic mass is 10.2. The second kappa shape index (κ2) is 8.71. The number of rotatable bonds is 6. The molecule has 1 saturated heterocycles. The van der Waals surface area contributed by atoms with Crippen molar-refractivity contribution in [1.29, 1.82) is 0 Å². The molecule has 0 aliphatic carbocycles. The van der Waals surface area contributed by atoms with E-state index in [1.165, 1.54) is 5.69 Å². The maximum atomic E-state index is 13.0. The number of piperazine rings is 1. The van der Waals surface area contributed by atoms with E-state index in [1.54, 1.807) is 18.3 Å². The highest BCUT2D eigenvalue weighted by Crippen LogP contribution is 2.22. The van der Waals surface area contributed by atoms with Crippen LogP contribution in [0.3, 0.4) is 0 Å². The number of nitrogens with one attached hydrogen (secondary N) is 1. The summed E-state index contributed by atoms with van der Waals surface area (Å²) in [5, 5.41) is 0.836. The molecule has 0 saturated carbocycles. The molecule has 1 aromatic heterocycles. The minimum atomic E-state index is -3.64. The molecule has 6 nitrogen and oxygen atoms in total. The molecule has 0 amide bonds. The number of hydrogen-bond acceptors (Lipinski definition) is 5. The summed E-state index contributed by atoms with van der Waals surface area (Å²) in [6, 6.07) is 17.8. The number of sulfonamides is 1. The van der Waals surface area contributed by atoms with Gasteiger partial charge in [0.05, 0.1) is 5.52 Å². The van der Waals surface area contributed by atoms with E-state index in [9.17, 15) is 8.42 Å². The molecule has 1 aliphatic rings. The molecule has 1 fully saturated rings. The predicted octanol–water partition coefficient (Wildman–Crippen LogP) is 3.03. The van der Waals surface area contributed by atoms with Crippen LogP contribution in [0, 0.1) is 6.92 Å². The van der Waals surface area contributed by atoms with Crippen LogP contribution in [0.4, 0.5) is 5.69 Å². The summed E-state index contributed by atoms with van der Waals surface area (Å²) in [6.07, 6.45) is 1.70. The lowest BCUT2D eigenvalue weighted by Gasteiger charge is -2.39. The summed E-state index contributed by atoms with van der Waals surface area (Å²) in [5.74, 6) is 0. The smallest absolute Gasteiger partial charge is 0.242 e. The average Bonchev–Trinajstić information content (AvgIpc) is 2.77. The fourth-order valence-corrected chi connectivity index (χ4v) is 5.26. The third kappa shape index (κ3) is 4.48. The monoisotopic (exact) mass is 424 g/mol. The standard InChI is InChI=1S/C23H28N4O2S/c1-18-15-20-7-6-10-22(23(20)24-16-18)30(28,29)25-17-19(2)26-11-13-27(14-12-26)21-8-4-3-5-9-21/h3-10,15-16,19,25H,11-14,17H2,1-2H3. The number of anilines is 1. The third-order valence-electron chi connectivity index (χ3n) is 5.73. The molecule has 2 aromatic carbocycles. The molecule has 2 heterocycles. The number of benzene rings is 2. The Kier molecular flexibility index (Phi) is 6.04. The molecule has 4 rings (SSSR count). The molecule has 0 spiro atoms. The van der Waals surface area contributed by atoms with Crippen LogP contribution in [0.5, 0.6) is 0 Å². The van der Waals surface area contributed by atoms with Crippen molar-refractivity contribution in [3.8, 4) is 0 Å². The van der Waals surface area contributed by atoms with E-state index < -0.39 is 10.0 Å². The largest absolute Gasteiger partial charge is 0.369 e. The molecule has 158 valence electrons. The van der Waals surface area contributed by atoms with Crippen LogP contribution in [0.25, 0.3) is 10.9 Å². The summed E-state index contributed by atoms with van der Waals surface area (Å²) in [6.45, 7) is 8.09. The van der Waals surface area contributed by atoms with Crippen molar-refractivity contribution in [1.82, 2.24) is 14.6 Å². The minimum Gasteiger partial charge on any atom is -0.369 e. The van der Waals surface area contributed by atoms with Crippen LogP contribution in [0.1, 0.15) is 12.5 Å². The van der Waals surface area contributed by atoms with E-state index in [0.717, 1.165) is 37.1 Å². The highest BCUT2D eigenvalue weighted by molar-refractivity contribution is 7.89. The van der Waals surface area contributed by atoms with E-state index in [2.05, 4.69) is 50.7 Å². The third-order valence-corrected chi connectivity index (χ3v) is 7.18. The highest BCUT2D eigenvalue weighted by atomic mass is 32.2. The average molecular weight is 425 g/mol. The number of hydrogen-bond donors (Lipinski definition) is 1. The number of pyridine rings is 1. The topological polar surface area (TPSA) is 65.5 Å². The van der Waals surface area contributed by atoms with Gasteiger partial charge in [0.2, 0.25) is 10.0 Å². The van der Waals surface area contributed by atoms with Gasteiger partial charge in [0.15, 0.2) is 0 Å². The normalized spacial score (nSPS) is 16.7. The van der Waals surface area contributed by atoms with E-state index in [0.29, 0.717) is 12.1 Å². The summed E-state index contributed by atoms with van der Waals surface area (Å²) in [4.78, 5) is 9.32. The number of aromatic nitrogens is 1.